The number of aromatic nitrogens is 1. The molecular formula is C20H17FN2O3S2. The van der Waals surface area contributed by atoms with E-state index in [0.29, 0.717) is 16.1 Å². The number of ether oxygens (including phenoxy) is 1. The highest BCUT2D eigenvalue weighted by molar-refractivity contribution is 7.99. The molecule has 5 nitrogen and oxygen atoms in total. The summed E-state index contributed by atoms with van der Waals surface area (Å²) >= 11 is 2.53. The van der Waals surface area contributed by atoms with Crippen LogP contribution in [0.5, 0.6) is 0 Å². The van der Waals surface area contributed by atoms with Crippen LogP contribution in [-0.2, 0) is 9.53 Å². The first kappa shape index (κ1) is 20.0. The van der Waals surface area contributed by atoms with E-state index in [1.165, 1.54) is 35.2 Å². The molecule has 1 amide bonds. The van der Waals surface area contributed by atoms with Crippen molar-refractivity contribution in [1.29, 1.82) is 0 Å². The first-order valence-electron chi connectivity index (χ1n) is 8.46. The Bertz CT molecular complexity index is 959. The van der Waals surface area contributed by atoms with E-state index in [2.05, 4.69) is 10.3 Å². The minimum absolute atomic E-state index is 0.156. The Morgan fingerprint density at radius 3 is 2.68 bits per heavy atom. The molecule has 0 saturated carbocycles. The van der Waals surface area contributed by atoms with Crippen molar-refractivity contribution in [3.05, 3.63) is 65.4 Å². The summed E-state index contributed by atoms with van der Waals surface area (Å²) in [6.07, 6.45) is 1.66. The quantitative estimate of drug-likeness (QED) is 0.440. The van der Waals surface area contributed by atoms with Gasteiger partial charge < -0.3 is 10.1 Å². The Morgan fingerprint density at radius 2 is 2.00 bits per heavy atom. The zero-order chi connectivity index (χ0) is 19.9. The molecule has 0 aliphatic carbocycles. The lowest BCUT2D eigenvalue weighted by atomic mass is 10.0. The van der Waals surface area contributed by atoms with Crippen LogP contribution in [0.1, 0.15) is 17.3 Å². The number of hydrogen-bond acceptors (Lipinski definition) is 6. The molecule has 8 heteroatoms. The molecule has 0 unspecified atom stereocenters. The maximum atomic E-state index is 13.2. The standard InChI is InChI=1S/C20H17FN2O3S2/c1-2-26-20(25)18-15(13-6-8-14(21)9-7-13)11-28-19(18)23-16(24)12-27-17-5-3-4-10-22-17/h3-11H,2,12H2,1H3,(H,23,24). The number of esters is 1. The minimum atomic E-state index is -0.532. The Kier molecular flexibility index (Phi) is 6.78. The van der Waals surface area contributed by atoms with Crippen molar-refractivity contribution >= 4 is 40.0 Å². The average molecular weight is 416 g/mol. The largest absolute Gasteiger partial charge is 0.462 e. The highest BCUT2D eigenvalue weighted by atomic mass is 32.2. The number of rotatable bonds is 7. The van der Waals surface area contributed by atoms with Crippen LogP contribution >= 0.6 is 23.1 Å². The van der Waals surface area contributed by atoms with Gasteiger partial charge in [0.1, 0.15) is 16.4 Å². The van der Waals surface area contributed by atoms with E-state index < -0.39 is 5.97 Å². The molecule has 1 N–H and O–H groups in total. The van der Waals surface area contributed by atoms with Gasteiger partial charge in [-0.2, -0.15) is 0 Å². The van der Waals surface area contributed by atoms with Gasteiger partial charge in [-0.05, 0) is 36.8 Å². The number of carbonyl (C=O) groups is 2. The van der Waals surface area contributed by atoms with Gasteiger partial charge in [0.15, 0.2) is 0 Å². The third kappa shape index (κ3) is 4.96. The van der Waals surface area contributed by atoms with E-state index in [9.17, 15) is 14.0 Å². The van der Waals surface area contributed by atoms with Crippen molar-refractivity contribution in [2.24, 2.45) is 0 Å². The van der Waals surface area contributed by atoms with Gasteiger partial charge >= 0.3 is 5.97 Å². The van der Waals surface area contributed by atoms with Crippen LogP contribution in [0.25, 0.3) is 11.1 Å². The Labute approximate surface area is 170 Å². The average Bonchev–Trinajstić information content (AvgIpc) is 3.11. The maximum Gasteiger partial charge on any atom is 0.341 e. The van der Waals surface area contributed by atoms with Gasteiger partial charge in [-0.25, -0.2) is 14.2 Å². The first-order chi connectivity index (χ1) is 13.6. The van der Waals surface area contributed by atoms with Gasteiger partial charge in [0.2, 0.25) is 5.91 Å². The number of thioether (sulfide) groups is 1. The summed E-state index contributed by atoms with van der Waals surface area (Å²) in [5.74, 6) is -0.996. The van der Waals surface area contributed by atoms with Crippen LogP contribution in [0.3, 0.4) is 0 Å². The topological polar surface area (TPSA) is 68.3 Å². The Hall–Kier alpha value is -2.71. The molecular weight excluding hydrogens is 399 g/mol. The van der Waals surface area contributed by atoms with Crippen molar-refractivity contribution < 1.29 is 18.7 Å². The van der Waals surface area contributed by atoms with E-state index in [1.54, 1.807) is 36.7 Å². The summed E-state index contributed by atoms with van der Waals surface area (Å²) in [6, 6.07) is 11.3. The molecule has 0 spiro atoms. The fraction of sp³-hybridized carbons (Fsp3) is 0.150. The zero-order valence-electron chi connectivity index (χ0n) is 15.0. The predicted octanol–water partition coefficient (Wildman–Crippen LogP) is 4.86. The summed E-state index contributed by atoms with van der Waals surface area (Å²) in [5.41, 5.74) is 1.54. The number of benzene rings is 1. The second-order valence-electron chi connectivity index (χ2n) is 5.59. The molecule has 0 radical (unpaired) electrons. The lowest BCUT2D eigenvalue weighted by Gasteiger charge is -2.09. The van der Waals surface area contributed by atoms with Crippen molar-refractivity contribution in [1.82, 2.24) is 4.98 Å². The normalized spacial score (nSPS) is 10.5. The predicted molar refractivity (Wildman–Crippen MR) is 109 cm³/mol. The maximum absolute atomic E-state index is 13.2. The lowest BCUT2D eigenvalue weighted by molar-refractivity contribution is -0.113. The molecule has 0 bridgehead atoms. The summed E-state index contributed by atoms with van der Waals surface area (Å²) < 4.78 is 18.4. The smallest absolute Gasteiger partial charge is 0.341 e. The molecule has 0 aliphatic heterocycles. The number of thiophene rings is 1. The van der Waals surface area contributed by atoms with E-state index in [4.69, 9.17) is 4.74 Å². The number of halogens is 1. The van der Waals surface area contributed by atoms with Gasteiger partial charge in [0.25, 0.3) is 0 Å². The van der Waals surface area contributed by atoms with Crippen LogP contribution in [0.4, 0.5) is 9.39 Å². The molecule has 28 heavy (non-hydrogen) atoms. The number of hydrogen-bond donors (Lipinski definition) is 1. The number of nitrogens with one attached hydrogen (secondary N) is 1. The first-order valence-corrected chi connectivity index (χ1v) is 10.3. The highest BCUT2D eigenvalue weighted by Gasteiger charge is 2.22. The number of nitrogens with zero attached hydrogens (tertiary/aromatic N) is 1. The van der Waals surface area contributed by atoms with Crippen molar-refractivity contribution in [3.8, 4) is 11.1 Å². The molecule has 0 aliphatic rings. The second kappa shape index (κ2) is 9.48. The minimum Gasteiger partial charge on any atom is -0.462 e. The molecule has 0 atom stereocenters. The van der Waals surface area contributed by atoms with E-state index in [0.717, 1.165) is 5.03 Å². The van der Waals surface area contributed by atoms with Gasteiger partial charge in [-0.1, -0.05) is 30.0 Å². The zero-order valence-corrected chi connectivity index (χ0v) is 16.6. The molecule has 2 aromatic heterocycles. The second-order valence-corrected chi connectivity index (χ2v) is 7.46. The van der Waals surface area contributed by atoms with Crippen LogP contribution in [0, 0.1) is 5.82 Å². The van der Waals surface area contributed by atoms with Gasteiger partial charge in [-0.15, -0.1) is 11.3 Å². The Balaban J connectivity index is 1.80. The third-order valence-corrected chi connectivity index (χ3v) is 5.51. The summed E-state index contributed by atoms with van der Waals surface area (Å²) in [5, 5.41) is 5.67. The number of anilines is 1. The highest BCUT2D eigenvalue weighted by Crippen LogP contribution is 2.36. The van der Waals surface area contributed by atoms with Gasteiger partial charge in [0, 0.05) is 17.1 Å². The summed E-state index contributed by atoms with van der Waals surface area (Å²) in [4.78, 5) is 29.0. The van der Waals surface area contributed by atoms with E-state index >= 15 is 0 Å². The van der Waals surface area contributed by atoms with Crippen LogP contribution < -0.4 is 5.32 Å². The molecule has 3 aromatic rings. The third-order valence-electron chi connectivity index (χ3n) is 3.67. The van der Waals surface area contributed by atoms with Crippen LogP contribution in [0.15, 0.2) is 59.1 Å². The van der Waals surface area contributed by atoms with Crippen molar-refractivity contribution in [2.45, 2.75) is 11.9 Å². The molecule has 1 aromatic carbocycles. The van der Waals surface area contributed by atoms with E-state index in [1.807, 2.05) is 12.1 Å². The molecule has 0 fully saturated rings. The fourth-order valence-corrected chi connectivity index (χ4v) is 4.07. The summed E-state index contributed by atoms with van der Waals surface area (Å²) in [6.45, 7) is 1.92. The van der Waals surface area contributed by atoms with Crippen LogP contribution in [-0.4, -0.2) is 29.2 Å². The molecule has 144 valence electrons. The molecule has 0 saturated heterocycles. The number of pyridine rings is 1. The van der Waals surface area contributed by atoms with Gasteiger partial charge in [-0.3, -0.25) is 4.79 Å². The Morgan fingerprint density at radius 1 is 1.21 bits per heavy atom. The van der Waals surface area contributed by atoms with Crippen LogP contribution in [0.2, 0.25) is 0 Å². The van der Waals surface area contributed by atoms with Gasteiger partial charge in [0.05, 0.1) is 17.4 Å². The summed E-state index contributed by atoms with van der Waals surface area (Å²) in [7, 11) is 0. The van der Waals surface area contributed by atoms with Crippen molar-refractivity contribution in [2.75, 3.05) is 17.7 Å². The molecule has 3 rings (SSSR count). The lowest BCUT2D eigenvalue weighted by Crippen LogP contribution is -2.16. The monoisotopic (exact) mass is 416 g/mol. The van der Waals surface area contributed by atoms with E-state index in [-0.39, 0.29) is 29.6 Å². The van der Waals surface area contributed by atoms with Crippen molar-refractivity contribution in [3.63, 3.8) is 0 Å². The number of carbonyl (C=O) groups excluding carboxylic acids is 2. The molecule has 2 heterocycles. The SMILES string of the molecule is CCOC(=O)c1c(-c2ccc(F)cc2)csc1NC(=O)CSc1ccccn1. The fourth-order valence-electron chi connectivity index (χ4n) is 2.43. The number of amides is 1.